The molecule has 4 N–H and O–H groups in total. The number of benzene rings is 2. The Morgan fingerprint density at radius 1 is 1.23 bits per heavy atom. The van der Waals surface area contributed by atoms with Crippen molar-refractivity contribution in [1.82, 2.24) is 29.8 Å². The second-order valence-electron chi connectivity index (χ2n) is 8.64. The summed E-state index contributed by atoms with van der Waals surface area (Å²) >= 11 is 1.65. The maximum absolute atomic E-state index is 15.5. The topological polar surface area (TPSA) is 92.9 Å². The molecule has 0 saturated carbocycles. The Balaban J connectivity index is 1.40. The molecule has 0 amide bonds. The van der Waals surface area contributed by atoms with Gasteiger partial charge in [-0.15, -0.1) is 0 Å². The quantitative estimate of drug-likeness (QED) is 0.205. The summed E-state index contributed by atoms with van der Waals surface area (Å²) in [6.07, 6.45) is 7.77. The molecule has 0 aliphatic carbocycles. The highest BCUT2D eigenvalue weighted by Gasteiger charge is 2.20. The number of nitrogens with one attached hydrogen (secondary N) is 3. The van der Waals surface area contributed by atoms with Crippen LogP contribution in [0.4, 0.5) is 4.39 Å². The number of aromatic hydroxyl groups is 1. The van der Waals surface area contributed by atoms with Gasteiger partial charge in [-0.25, -0.2) is 9.37 Å². The maximum Gasteiger partial charge on any atom is 0.159 e. The molecule has 1 aliphatic rings. The molecule has 5 rings (SSSR count). The zero-order valence-electron chi connectivity index (χ0n) is 19.9. The molecule has 7 nitrogen and oxygen atoms in total. The summed E-state index contributed by atoms with van der Waals surface area (Å²) in [6, 6.07) is 8.67. The van der Waals surface area contributed by atoms with Crippen LogP contribution >= 0.6 is 11.9 Å². The molecule has 0 atom stereocenters. The summed E-state index contributed by atoms with van der Waals surface area (Å²) in [5, 5.41) is 17.7. The molecule has 4 aromatic rings. The highest BCUT2D eigenvalue weighted by molar-refractivity contribution is 7.96. The van der Waals surface area contributed by atoms with E-state index in [1.807, 2.05) is 25.4 Å². The average Bonchev–Trinajstić information content (AvgIpc) is 3.53. The van der Waals surface area contributed by atoms with Crippen molar-refractivity contribution in [3.8, 4) is 28.4 Å². The van der Waals surface area contributed by atoms with E-state index in [0.29, 0.717) is 28.9 Å². The third-order valence-corrected chi connectivity index (χ3v) is 7.04. The van der Waals surface area contributed by atoms with Crippen LogP contribution in [-0.4, -0.2) is 62.6 Å². The van der Waals surface area contributed by atoms with Gasteiger partial charge in [0.05, 0.1) is 11.9 Å². The van der Waals surface area contributed by atoms with E-state index in [9.17, 15) is 5.11 Å². The van der Waals surface area contributed by atoms with E-state index in [0.717, 1.165) is 49.4 Å². The molecule has 0 spiro atoms. The monoisotopic (exact) mass is 492 g/mol. The summed E-state index contributed by atoms with van der Waals surface area (Å²) in [4.78, 5) is 10.4. The molecule has 3 heterocycles. The minimum absolute atomic E-state index is 0.177. The summed E-state index contributed by atoms with van der Waals surface area (Å²) in [5.74, 6) is 0.431. The van der Waals surface area contributed by atoms with Crippen LogP contribution in [0.5, 0.6) is 5.75 Å². The number of halogens is 1. The normalized spacial score (nSPS) is 14.5. The standard InChI is InChI=1S/C26H29FN6OS/c1-3-16-14-18(34)4-5-19(16)20-6-7-21-24(23(20)27)31-32-25(21)26-28-15-22(30-26)17-8-11-33(12-9-17)13-10-29-35-2/h4-8,14-15,29,34H,3,9-13H2,1-2H3,(H,28,30)(H,31,32). The third-order valence-electron chi connectivity index (χ3n) is 6.55. The summed E-state index contributed by atoms with van der Waals surface area (Å²) in [7, 11) is 0. The van der Waals surface area contributed by atoms with Crippen molar-refractivity contribution in [3.05, 3.63) is 59.7 Å². The van der Waals surface area contributed by atoms with E-state index < -0.39 is 0 Å². The molecule has 35 heavy (non-hydrogen) atoms. The molecule has 9 heteroatoms. The van der Waals surface area contributed by atoms with Gasteiger partial charge in [-0.2, -0.15) is 5.10 Å². The van der Waals surface area contributed by atoms with Gasteiger partial charge in [0.25, 0.3) is 0 Å². The van der Waals surface area contributed by atoms with Crippen molar-refractivity contribution in [2.24, 2.45) is 0 Å². The van der Waals surface area contributed by atoms with Crippen LogP contribution in [0.15, 0.2) is 42.6 Å². The Kier molecular flexibility index (Phi) is 6.90. The van der Waals surface area contributed by atoms with Gasteiger partial charge in [-0.1, -0.05) is 37.1 Å². The van der Waals surface area contributed by atoms with Gasteiger partial charge < -0.3 is 10.1 Å². The van der Waals surface area contributed by atoms with Crippen molar-refractivity contribution >= 4 is 28.4 Å². The number of hydrogen-bond donors (Lipinski definition) is 4. The van der Waals surface area contributed by atoms with Crippen molar-refractivity contribution in [1.29, 1.82) is 0 Å². The van der Waals surface area contributed by atoms with E-state index in [1.165, 1.54) is 5.57 Å². The maximum atomic E-state index is 15.5. The predicted molar refractivity (Wildman–Crippen MR) is 141 cm³/mol. The number of phenolic OH excluding ortho intramolecular Hbond substituents is 1. The fraction of sp³-hybridized carbons (Fsp3) is 0.308. The zero-order chi connectivity index (χ0) is 24.4. The first-order valence-electron chi connectivity index (χ1n) is 11.8. The average molecular weight is 493 g/mol. The van der Waals surface area contributed by atoms with Gasteiger partial charge in [0.2, 0.25) is 0 Å². The van der Waals surface area contributed by atoms with Crippen LogP contribution in [0, 0.1) is 5.82 Å². The Morgan fingerprint density at radius 2 is 2.09 bits per heavy atom. The van der Waals surface area contributed by atoms with Crippen molar-refractivity contribution in [2.45, 2.75) is 19.8 Å². The van der Waals surface area contributed by atoms with E-state index in [-0.39, 0.29) is 17.1 Å². The van der Waals surface area contributed by atoms with E-state index in [4.69, 9.17) is 0 Å². The van der Waals surface area contributed by atoms with Gasteiger partial charge in [0.15, 0.2) is 11.6 Å². The van der Waals surface area contributed by atoms with Crippen LogP contribution in [0.1, 0.15) is 24.6 Å². The minimum atomic E-state index is -0.386. The second-order valence-corrected chi connectivity index (χ2v) is 9.34. The number of H-pyrrole nitrogens is 2. The Labute approximate surface area is 208 Å². The lowest BCUT2D eigenvalue weighted by Gasteiger charge is -2.25. The van der Waals surface area contributed by atoms with Crippen LogP contribution in [-0.2, 0) is 6.42 Å². The van der Waals surface area contributed by atoms with E-state index in [1.54, 1.807) is 36.2 Å². The Morgan fingerprint density at radius 3 is 2.86 bits per heavy atom. The molecule has 0 radical (unpaired) electrons. The van der Waals surface area contributed by atoms with Crippen LogP contribution in [0.25, 0.3) is 39.1 Å². The number of phenols is 1. The summed E-state index contributed by atoms with van der Waals surface area (Å²) < 4.78 is 18.8. The molecule has 0 unspecified atom stereocenters. The van der Waals surface area contributed by atoms with Crippen molar-refractivity contribution < 1.29 is 9.50 Å². The number of nitrogens with zero attached hydrogens (tertiary/aromatic N) is 3. The lowest BCUT2D eigenvalue weighted by Crippen LogP contribution is -2.33. The van der Waals surface area contributed by atoms with Crippen molar-refractivity contribution in [2.75, 3.05) is 32.4 Å². The molecule has 0 bridgehead atoms. The SMILES string of the molecule is CCc1cc(O)ccc1-c1ccc2c(-c3ncc(C4=CCN(CCNSC)CC4)[nH]3)[nH]nc2c1F. The largest absolute Gasteiger partial charge is 0.508 e. The molecule has 2 aromatic carbocycles. The fourth-order valence-electron chi connectivity index (χ4n) is 4.65. The Bertz CT molecular complexity index is 1380. The predicted octanol–water partition coefficient (Wildman–Crippen LogP) is 4.98. The molecular weight excluding hydrogens is 463 g/mol. The fourth-order valence-corrected chi connectivity index (χ4v) is 4.94. The van der Waals surface area contributed by atoms with Crippen molar-refractivity contribution in [3.63, 3.8) is 0 Å². The Hall–Kier alpha value is -3.14. The lowest BCUT2D eigenvalue weighted by atomic mass is 9.96. The number of rotatable bonds is 8. The number of imidazole rings is 1. The number of aromatic amines is 2. The van der Waals surface area contributed by atoms with Crippen LogP contribution in [0.3, 0.4) is 0 Å². The second kappa shape index (κ2) is 10.2. The first-order chi connectivity index (χ1) is 17.1. The smallest absolute Gasteiger partial charge is 0.159 e. The van der Waals surface area contributed by atoms with Gasteiger partial charge >= 0.3 is 0 Å². The van der Waals surface area contributed by atoms with E-state index >= 15 is 4.39 Å². The van der Waals surface area contributed by atoms with E-state index in [2.05, 4.69) is 35.9 Å². The number of fused-ring (bicyclic) bond motifs is 1. The van der Waals surface area contributed by atoms with Gasteiger partial charge in [-0.05, 0) is 54.0 Å². The highest BCUT2D eigenvalue weighted by Crippen LogP contribution is 2.35. The first-order valence-corrected chi connectivity index (χ1v) is 13.0. The minimum Gasteiger partial charge on any atom is -0.508 e. The van der Waals surface area contributed by atoms with Gasteiger partial charge in [0.1, 0.15) is 17.0 Å². The summed E-state index contributed by atoms with van der Waals surface area (Å²) in [6.45, 7) is 5.90. The van der Waals surface area contributed by atoms with Gasteiger partial charge in [-0.3, -0.25) is 14.7 Å². The zero-order valence-corrected chi connectivity index (χ0v) is 20.7. The molecule has 0 fully saturated rings. The van der Waals surface area contributed by atoms with Gasteiger partial charge in [0, 0.05) is 37.1 Å². The lowest BCUT2D eigenvalue weighted by molar-refractivity contribution is 0.308. The molecule has 1 aliphatic heterocycles. The molecule has 182 valence electrons. The summed E-state index contributed by atoms with van der Waals surface area (Å²) in [5.41, 5.74) is 5.29. The molecule has 0 saturated heterocycles. The number of aromatic nitrogens is 4. The highest BCUT2D eigenvalue weighted by atomic mass is 32.2. The number of hydrogen-bond acceptors (Lipinski definition) is 6. The third kappa shape index (κ3) is 4.71. The molecule has 2 aromatic heterocycles. The molecular formula is C26H29FN6OS. The van der Waals surface area contributed by atoms with Crippen LogP contribution in [0.2, 0.25) is 0 Å². The van der Waals surface area contributed by atoms with Crippen LogP contribution < -0.4 is 4.72 Å². The number of aryl methyl sites for hydroxylation is 1. The first kappa shape index (κ1) is 23.6.